The van der Waals surface area contributed by atoms with Gasteiger partial charge in [0.05, 0.1) is 36.5 Å². The predicted molar refractivity (Wildman–Crippen MR) is 90.9 cm³/mol. The van der Waals surface area contributed by atoms with Crippen LogP contribution in [0, 0.1) is 12.7 Å². The molecule has 0 aliphatic carbocycles. The van der Waals surface area contributed by atoms with Crippen molar-refractivity contribution in [2.75, 3.05) is 13.1 Å². The van der Waals surface area contributed by atoms with Gasteiger partial charge in [0.15, 0.2) is 11.6 Å². The standard InChI is InChI=1S/C18H19FN6/c1-12-16-9-25-18(21-17(22-25)10-23-6-2-3-7-23)14-8-13(19)4-5-15(14)24(16)11-20-12/h4-5,8,11H,2-3,6-7,9-10H2,1H3. The molecular formula is C18H19FN6. The Bertz CT molecular complexity index is 951. The van der Waals surface area contributed by atoms with E-state index in [1.807, 2.05) is 16.2 Å². The van der Waals surface area contributed by atoms with Gasteiger partial charge in [0, 0.05) is 5.56 Å². The number of imidazole rings is 1. The van der Waals surface area contributed by atoms with Crippen molar-refractivity contribution < 1.29 is 4.39 Å². The number of benzene rings is 1. The lowest BCUT2D eigenvalue weighted by atomic mass is 10.1. The molecule has 0 atom stereocenters. The van der Waals surface area contributed by atoms with Gasteiger partial charge in [-0.15, -0.1) is 0 Å². The van der Waals surface area contributed by atoms with Gasteiger partial charge in [-0.1, -0.05) is 0 Å². The topological polar surface area (TPSA) is 51.8 Å². The Labute approximate surface area is 144 Å². The summed E-state index contributed by atoms with van der Waals surface area (Å²) < 4.78 is 17.8. The second-order valence-corrected chi connectivity index (χ2v) is 6.80. The van der Waals surface area contributed by atoms with Gasteiger partial charge < -0.3 is 4.57 Å². The molecule has 2 aliphatic rings. The smallest absolute Gasteiger partial charge is 0.165 e. The van der Waals surface area contributed by atoms with Crippen molar-refractivity contribution in [2.45, 2.75) is 32.9 Å². The fourth-order valence-electron chi connectivity index (χ4n) is 3.81. The maximum atomic E-state index is 13.9. The number of rotatable bonds is 2. The summed E-state index contributed by atoms with van der Waals surface area (Å²) in [5.41, 5.74) is 3.68. The molecule has 0 saturated carbocycles. The molecule has 4 heterocycles. The first-order valence-electron chi connectivity index (χ1n) is 8.68. The molecule has 6 nitrogen and oxygen atoms in total. The Hall–Kier alpha value is -2.54. The summed E-state index contributed by atoms with van der Waals surface area (Å²) in [6.45, 7) is 5.53. The predicted octanol–water partition coefficient (Wildman–Crippen LogP) is 2.54. The minimum atomic E-state index is -0.269. The lowest BCUT2D eigenvalue weighted by molar-refractivity contribution is 0.322. The van der Waals surface area contributed by atoms with E-state index in [4.69, 9.17) is 10.1 Å². The van der Waals surface area contributed by atoms with Crippen LogP contribution in [0.4, 0.5) is 4.39 Å². The van der Waals surface area contributed by atoms with Crippen LogP contribution in [-0.4, -0.2) is 42.3 Å². The number of likely N-dealkylation sites (tertiary alicyclic amines) is 1. The molecule has 1 saturated heterocycles. The first kappa shape index (κ1) is 14.8. The average molecular weight is 338 g/mol. The largest absolute Gasteiger partial charge is 0.300 e. The number of aryl methyl sites for hydroxylation is 1. The molecule has 3 aromatic rings. The van der Waals surface area contributed by atoms with Crippen molar-refractivity contribution >= 4 is 0 Å². The summed E-state index contributed by atoms with van der Waals surface area (Å²) in [5.74, 6) is 1.26. The zero-order valence-corrected chi connectivity index (χ0v) is 14.1. The Morgan fingerprint density at radius 1 is 1.20 bits per heavy atom. The van der Waals surface area contributed by atoms with Crippen LogP contribution in [0.15, 0.2) is 24.5 Å². The van der Waals surface area contributed by atoms with Gasteiger partial charge in [0.25, 0.3) is 0 Å². The Morgan fingerprint density at radius 2 is 2.04 bits per heavy atom. The third-order valence-corrected chi connectivity index (χ3v) is 5.11. The van der Waals surface area contributed by atoms with Crippen molar-refractivity contribution in [3.8, 4) is 17.1 Å². The Kier molecular flexibility index (Phi) is 3.24. The van der Waals surface area contributed by atoms with Gasteiger partial charge in [-0.05, 0) is 51.1 Å². The highest BCUT2D eigenvalue weighted by atomic mass is 19.1. The molecule has 2 aromatic heterocycles. The number of fused-ring (bicyclic) bond motifs is 5. The quantitative estimate of drug-likeness (QED) is 0.564. The van der Waals surface area contributed by atoms with Gasteiger partial charge in [0.1, 0.15) is 5.82 Å². The van der Waals surface area contributed by atoms with E-state index in [2.05, 4.69) is 9.88 Å². The van der Waals surface area contributed by atoms with Gasteiger partial charge in [-0.2, -0.15) is 5.10 Å². The van der Waals surface area contributed by atoms with Crippen LogP contribution < -0.4 is 0 Å². The zero-order valence-electron chi connectivity index (χ0n) is 14.1. The molecule has 1 fully saturated rings. The van der Waals surface area contributed by atoms with Crippen molar-refractivity contribution in [3.05, 3.63) is 47.6 Å². The van der Waals surface area contributed by atoms with Crippen molar-refractivity contribution in [2.24, 2.45) is 0 Å². The molecule has 0 bridgehead atoms. The van der Waals surface area contributed by atoms with Crippen molar-refractivity contribution in [1.82, 2.24) is 29.2 Å². The van der Waals surface area contributed by atoms with E-state index in [9.17, 15) is 4.39 Å². The number of aromatic nitrogens is 5. The Balaban J connectivity index is 1.65. The van der Waals surface area contributed by atoms with Crippen LogP contribution in [0.5, 0.6) is 0 Å². The molecule has 0 spiro atoms. The molecule has 5 rings (SSSR count). The summed E-state index contributed by atoms with van der Waals surface area (Å²) in [5, 5.41) is 4.72. The maximum absolute atomic E-state index is 13.9. The fraction of sp³-hybridized carbons (Fsp3) is 0.389. The van der Waals surface area contributed by atoms with Gasteiger partial charge in [0.2, 0.25) is 0 Å². The number of hydrogen-bond donors (Lipinski definition) is 0. The normalized spacial score (nSPS) is 16.4. The van der Waals surface area contributed by atoms with E-state index >= 15 is 0 Å². The van der Waals surface area contributed by atoms with E-state index in [0.717, 1.165) is 53.9 Å². The Morgan fingerprint density at radius 3 is 2.88 bits per heavy atom. The van der Waals surface area contributed by atoms with Crippen LogP contribution in [-0.2, 0) is 13.1 Å². The minimum Gasteiger partial charge on any atom is -0.300 e. The SMILES string of the molecule is Cc1ncn2c1Cn1nc(CN3CCCC3)nc1-c1cc(F)ccc1-2. The summed E-state index contributed by atoms with van der Waals surface area (Å²) in [6.07, 6.45) is 4.26. The van der Waals surface area contributed by atoms with Crippen LogP contribution in [0.3, 0.4) is 0 Å². The summed E-state index contributed by atoms with van der Waals surface area (Å²) in [6, 6.07) is 4.81. The highest BCUT2D eigenvalue weighted by Crippen LogP contribution is 2.32. The molecule has 128 valence electrons. The van der Waals surface area contributed by atoms with E-state index in [0.29, 0.717) is 6.54 Å². The molecule has 0 radical (unpaired) electrons. The van der Waals surface area contributed by atoms with Gasteiger partial charge >= 0.3 is 0 Å². The van der Waals surface area contributed by atoms with Crippen LogP contribution in [0.1, 0.15) is 30.1 Å². The molecular weight excluding hydrogens is 319 g/mol. The first-order valence-corrected chi connectivity index (χ1v) is 8.68. The lowest BCUT2D eigenvalue weighted by Crippen LogP contribution is -2.19. The maximum Gasteiger partial charge on any atom is 0.165 e. The van der Waals surface area contributed by atoms with Crippen LogP contribution in [0.2, 0.25) is 0 Å². The van der Waals surface area contributed by atoms with Gasteiger partial charge in [-0.25, -0.2) is 19.0 Å². The van der Waals surface area contributed by atoms with E-state index < -0.39 is 0 Å². The summed E-state index contributed by atoms with van der Waals surface area (Å²) in [4.78, 5) is 11.6. The molecule has 0 amide bonds. The summed E-state index contributed by atoms with van der Waals surface area (Å²) in [7, 11) is 0. The second-order valence-electron chi connectivity index (χ2n) is 6.80. The molecule has 1 aromatic carbocycles. The fourth-order valence-corrected chi connectivity index (χ4v) is 3.81. The highest BCUT2D eigenvalue weighted by molar-refractivity contribution is 5.69. The highest BCUT2D eigenvalue weighted by Gasteiger charge is 2.25. The molecule has 2 aliphatic heterocycles. The third kappa shape index (κ3) is 2.38. The number of hydrogen-bond acceptors (Lipinski definition) is 4. The zero-order chi connectivity index (χ0) is 17.0. The van der Waals surface area contributed by atoms with E-state index in [1.54, 1.807) is 18.5 Å². The molecule has 7 heteroatoms. The van der Waals surface area contributed by atoms with Crippen LogP contribution >= 0.6 is 0 Å². The first-order chi connectivity index (χ1) is 12.2. The number of nitrogens with zero attached hydrogens (tertiary/aromatic N) is 6. The second kappa shape index (κ2) is 5.49. The average Bonchev–Trinajstić information content (AvgIpc) is 3.30. The van der Waals surface area contributed by atoms with Crippen LogP contribution in [0.25, 0.3) is 17.1 Å². The molecule has 25 heavy (non-hydrogen) atoms. The minimum absolute atomic E-state index is 0.269. The van der Waals surface area contributed by atoms with E-state index in [1.165, 1.54) is 18.9 Å². The lowest BCUT2D eigenvalue weighted by Gasteiger charge is -2.11. The van der Waals surface area contributed by atoms with E-state index in [-0.39, 0.29) is 5.82 Å². The third-order valence-electron chi connectivity index (χ3n) is 5.11. The molecule has 0 N–H and O–H groups in total. The monoisotopic (exact) mass is 338 g/mol. The van der Waals surface area contributed by atoms with Crippen molar-refractivity contribution in [1.29, 1.82) is 0 Å². The van der Waals surface area contributed by atoms with Crippen molar-refractivity contribution in [3.63, 3.8) is 0 Å². The number of halogens is 1. The summed E-state index contributed by atoms with van der Waals surface area (Å²) >= 11 is 0. The molecule has 0 unspecified atom stereocenters. The van der Waals surface area contributed by atoms with Gasteiger partial charge in [-0.3, -0.25) is 4.90 Å².